The van der Waals surface area contributed by atoms with Gasteiger partial charge in [-0.3, -0.25) is 24.7 Å². The summed E-state index contributed by atoms with van der Waals surface area (Å²) < 4.78 is 52.3. The highest BCUT2D eigenvalue weighted by molar-refractivity contribution is 5.99. The van der Waals surface area contributed by atoms with Crippen LogP contribution in [0.5, 0.6) is 5.75 Å². The lowest BCUT2D eigenvalue weighted by Gasteiger charge is -2.45. The molecule has 0 radical (unpaired) electrons. The fraction of sp³-hybridized carbons (Fsp3) is 0.346. The molecule has 1 atom stereocenters. The molecule has 0 bridgehead atoms. The normalized spacial score (nSPS) is 17.9. The highest BCUT2D eigenvalue weighted by atomic mass is 19.4. The number of nitrogens with one attached hydrogen (secondary N) is 1. The average Bonchev–Trinajstić information content (AvgIpc) is 2.88. The molecular formula is C26H26F3N3O5. The van der Waals surface area contributed by atoms with Crippen molar-refractivity contribution in [2.75, 3.05) is 18.1 Å². The summed E-state index contributed by atoms with van der Waals surface area (Å²) in [6, 6.07) is 15.1. The molecule has 0 aliphatic carbocycles. The smallest absolute Gasteiger partial charge is 0.471 e. The number of aryl methyl sites for hydroxylation is 1. The highest BCUT2D eigenvalue weighted by Crippen LogP contribution is 2.38. The zero-order valence-corrected chi connectivity index (χ0v) is 20.0. The Bertz CT molecular complexity index is 1270. The van der Waals surface area contributed by atoms with E-state index in [9.17, 15) is 22.8 Å². The van der Waals surface area contributed by atoms with Crippen LogP contribution in [0.4, 0.5) is 18.9 Å². The summed E-state index contributed by atoms with van der Waals surface area (Å²) in [4.78, 5) is 29.7. The summed E-state index contributed by atoms with van der Waals surface area (Å²) in [5.41, 5.74) is 2.28. The Hall–Kier alpha value is -3.70. The number of aromatic nitrogens is 1. The minimum atomic E-state index is -5.20. The molecule has 3 aromatic rings. The third-order valence-electron chi connectivity index (χ3n) is 6.25. The lowest BCUT2D eigenvalue weighted by atomic mass is 9.85. The van der Waals surface area contributed by atoms with Gasteiger partial charge in [-0.05, 0) is 56.2 Å². The van der Waals surface area contributed by atoms with E-state index >= 15 is 0 Å². The van der Waals surface area contributed by atoms with Crippen molar-refractivity contribution in [1.82, 2.24) is 10.5 Å². The number of para-hydroxylation sites is 1. The van der Waals surface area contributed by atoms with E-state index in [-0.39, 0.29) is 31.9 Å². The van der Waals surface area contributed by atoms with Crippen LogP contribution in [0.2, 0.25) is 0 Å². The minimum Gasteiger partial charge on any atom is -0.489 e. The molecule has 0 unspecified atom stereocenters. The van der Waals surface area contributed by atoms with Crippen molar-refractivity contribution in [2.24, 2.45) is 0 Å². The number of fused-ring (bicyclic) bond motifs is 1. The van der Waals surface area contributed by atoms with Crippen molar-refractivity contribution in [3.05, 3.63) is 65.9 Å². The van der Waals surface area contributed by atoms with Crippen LogP contribution in [0.15, 0.2) is 54.6 Å². The van der Waals surface area contributed by atoms with Crippen LogP contribution in [0.25, 0.3) is 10.9 Å². The molecule has 0 saturated carbocycles. The van der Waals surface area contributed by atoms with E-state index in [4.69, 9.17) is 14.7 Å². The molecule has 196 valence electrons. The van der Waals surface area contributed by atoms with Crippen LogP contribution in [0, 0.1) is 6.92 Å². The molecule has 1 aliphatic rings. The summed E-state index contributed by atoms with van der Waals surface area (Å²) in [5.74, 6) is -2.68. The Balaban J connectivity index is 1.63. The maximum atomic E-state index is 13.7. The van der Waals surface area contributed by atoms with E-state index < -0.39 is 30.0 Å². The first kappa shape index (κ1) is 26.4. The molecule has 11 heteroatoms. The first-order valence-electron chi connectivity index (χ1n) is 11.6. The first-order chi connectivity index (χ1) is 17.6. The summed E-state index contributed by atoms with van der Waals surface area (Å²) in [7, 11) is 0. The minimum absolute atomic E-state index is 0.0730. The monoisotopic (exact) mass is 517 g/mol. The third-order valence-corrected chi connectivity index (χ3v) is 6.25. The molecule has 1 aliphatic heterocycles. The third kappa shape index (κ3) is 5.83. The number of ether oxygens (including phenoxy) is 2. The largest absolute Gasteiger partial charge is 0.489 e. The average molecular weight is 518 g/mol. The van der Waals surface area contributed by atoms with E-state index in [0.717, 1.165) is 22.2 Å². The SMILES string of the molecule is Cc1cc(COc2ccc(N(C(=O)C(F)(F)F)[C@]3(CC(=O)NO)CCCOC3)cc2)c2ccccc2n1. The van der Waals surface area contributed by atoms with E-state index in [1.807, 2.05) is 37.3 Å². The highest BCUT2D eigenvalue weighted by Gasteiger charge is 2.52. The second kappa shape index (κ2) is 10.7. The Morgan fingerprint density at radius 1 is 1.19 bits per heavy atom. The lowest BCUT2D eigenvalue weighted by Crippen LogP contribution is -2.61. The van der Waals surface area contributed by atoms with E-state index in [2.05, 4.69) is 4.98 Å². The predicted molar refractivity (Wildman–Crippen MR) is 128 cm³/mol. The predicted octanol–water partition coefficient (Wildman–Crippen LogP) is 4.46. The van der Waals surface area contributed by atoms with Gasteiger partial charge in [-0.1, -0.05) is 18.2 Å². The van der Waals surface area contributed by atoms with Gasteiger partial charge in [0.25, 0.3) is 0 Å². The molecule has 2 N–H and O–H groups in total. The van der Waals surface area contributed by atoms with Crippen molar-refractivity contribution in [3.63, 3.8) is 0 Å². The fourth-order valence-corrected chi connectivity index (χ4v) is 4.67. The number of halogens is 3. The number of benzene rings is 2. The Labute approximate surface area is 211 Å². The van der Waals surface area contributed by atoms with Crippen LogP contribution in [-0.4, -0.2) is 46.9 Å². The quantitative estimate of drug-likeness (QED) is 0.355. The summed E-state index contributed by atoms with van der Waals surface area (Å²) in [6.07, 6.45) is -5.36. The van der Waals surface area contributed by atoms with E-state index in [1.54, 1.807) is 0 Å². The van der Waals surface area contributed by atoms with Crippen LogP contribution in [-0.2, 0) is 20.9 Å². The molecule has 2 heterocycles. The van der Waals surface area contributed by atoms with Gasteiger partial charge in [0, 0.05) is 28.9 Å². The van der Waals surface area contributed by atoms with Crippen molar-refractivity contribution in [2.45, 2.75) is 44.5 Å². The number of pyridine rings is 1. The molecule has 1 saturated heterocycles. The number of hydroxylamine groups is 1. The van der Waals surface area contributed by atoms with Gasteiger partial charge in [0.15, 0.2) is 0 Å². The number of carbonyl (C=O) groups is 2. The van der Waals surface area contributed by atoms with Gasteiger partial charge in [-0.15, -0.1) is 0 Å². The van der Waals surface area contributed by atoms with E-state index in [1.165, 1.54) is 29.7 Å². The number of hydrogen-bond donors (Lipinski definition) is 2. The van der Waals surface area contributed by atoms with Gasteiger partial charge in [0.05, 0.1) is 24.1 Å². The van der Waals surface area contributed by atoms with Gasteiger partial charge >= 0.3 is 12.1 Å². The van der Waals surface area contributed by atoms with Crippen LogP contribution < -0.4 is 15.1 Å². The van der Waals surface area contributed by atoms with Crippen molar-refractivity contribution in [1.29, 1.82) is 0 Å². The zero-order valence-electron chi connectivity index (χ0n) is 20.0. The number of anilines is 1. The summed E-state index contributed by atoms with van der Waals surface area (Å²) in [6.45, 7) is 2.06. The molecule has 1 fully saturated rings. The van der Waals surface area contributed by atoms with Gasteiger partial charge in [-0.2, -0.15) is 13.2 Å². The number of amides is 2. The molecule has 2 amide bonds. The van der Waals surface area contributed by atoms with Crippen molar-refractivity contribution in [3.8, 4) is 5.75 Å². The molecule has 2 aromatic carbocycles. The van der Waals surface area contributed by atoms with Crippen molar-refractivity contribution >= 4 is 28.4 Å². The molecule has 8 nitrogen and oxygen atoms in total. The summed E-state index contributed by atoms with van der Waals surface area (Å²) >= 11 is 0. The van der Waals surface area contributed by atoms with Crippen molar-refractivity contribution < 1.29 is 37.4 Å². The maximum absolute atomic E-state index is 13.7. The number of rotatable bonds is 7. The lowest BCUT2D eigenvalue weighted by molar-refractivity contribution is -0.173. The number of hydrogen-bond acceptors (Lipinski definition) is 6. The van der Waals surface area contributed by atoms with Crippen LogP contribution >= 0.6 is 0 Å². The fourth-order valence-electron chi connectivity index (χ4n) is 4.67. The second-order valence-corrected chi connectivity index (χ2v) is 8.95. The standard InChI is InChI=1S/C26H26F3N3O5/c1-17-13-18(21-5-2-3-6-22(21)30-17)15-37-20-9-7-19(8-10-20)32(24(34)26(27,28)29)25(14-23(33)31-35)11-4-12-36-16-25/h2-3,5-10,13,35H,4,11-12,14-16H2,1H3,(H,31,33)/t25-/m0/s1. The Kier molecular flexibility index (Phi) is 7.65. The van der Waals surface area contributed by atoms with E-state index in [0.29, 0.717) is 17.1 Å². The molecule has 1 aromatic heterocycles. The maximum Gasteiger partial charge on any atom is 0.471 e. The Morgan fingerprint density at radius 2 is 1.92 bits per heavy atom. The van der Waals surface area contributed by atoms with Crippen LogP contribution in [0.1, 0.15) is 30.5 Å². The van der Waals surface area contributed by atoms with Gasteiger partial charge in [-0.25, -0.2) is 5.48 Å². The molecular weight excluding hydrogens is 491 g/mol. The second-order valence-electron chi connectivity index (χ2n) is 8.95. The van der Waals surface area contributed by atoms with Gasteiger partial charge in [0.1, 0.15) is 12.4 Å². The molecule has 4 rings (SSSR count). The van der Waals surface area contributed by atoms with Gasteiger partial charge < -0.3 is 9.47 Å². The molecule has 37 heavy (non-hydrogen) atoms. The van der Waals surface area contributed by atoms with Crippen LogP contribution in [0.3, 0.4) is 0 Å². The number of nitrogens with zero attached hydrogens (tertiary/aromatic N) is 2. The zero-order chi connectivity index (χ0) is 26.6. The number of carbonyl (C=O) groups excluding carboxylic acids is 2. The first-order valence-corrected chi connectivity index (χ1v) is 11.6. The topological polar surface area (TPSA) is 101 Å². The number of alkyl halides is 3. The summed E-state index contributed by atoms with van der Waals surface area (Å²) in [5, 5.41) is 9.94. The Morgan fingerprint density at radius 3 is 2.57 bits per heavy atom. The molecule has 0 spiro atoms. The van der Waals surface area contributed by atoms with Gasteiger partial charge in [0.2, 0.25) is 5.91 Å².